The third kappa shape index (κ3) is 4.91. The van der Waals surface area contributed by atoms with Crippen molar-refractivity contribution in [3.8, 4) is 0 Å². The van der Waals surface area contributed by atoms with Crippen LogP contribution in [0.3, 0.4) is 0 Å². The molecule has 0 saturated carbocycles. The van der Waals surface area contributed by atoms with E-state index in [4.69, 9.17) is 0 Å². The number of nitrogens with one attached hydrogen (secondary N) is 1. The molecule has 0 amide bonds. The maximum Gasteiger partial charge on any atom is 0.150 e. The van der Waals surface area contributed by atoms with Crippen molar-refractivity contribution in [3.63, 3.8) is 0 Å². The Morgan fingerprint density at radius 3 is 2.63 bits per heavy atom. The van der Waals surface area contributed by atoms with Gasteiger partial charge in [0.25, 0.3) is 0 Å². The number of hydrogen-bond donors (Lipinski definition) is 1. The highest BCUT2D eigenvalue weighted by atomic mass is 32.2. The average molecular weight is 287 g/mol. The van der Waals surface area contributed by atoms with Crippen molar-refractivity contribution in [2.75, 3.05) is 18.6 Å². The molecule has 0 fully saturated rings. The fourth-order valence-electron chi connectivity index (χ4n) is 2.09. The first-order valence-corrected chi connectivity index (χ1v) is 8.35. The SMILES string of the molecule is CCS(=O)(=O)CCCC(NC)c1cc(F)ccc1C. The molecule has 0 saturated heterocycles. The Balaban J connectivity index is 2.71. The second-order valence-electron chi connectivity index (χ2n) is 4.72. The van der Waals surface area contributed by atoms with Crippen molar-refractivity contribution < 1.29 is 12.8 Å². The fraction of sp³-hybridized carbons (Fsp3) is 0.571. The molecule has 0 bridgehead atoms. The van der Waals surface area contributed by atoms with Gasteiger partial charge in [0.05, 0.1) is 5.75 Å². The van der Waals surface area contributed by atoms with Crippen molar-refractivity contribution in [1.82, 2.24) is 5.32 Å². The van der Waals surface area contributed by atoms with Crippen molar-refractivity contribution in [1.29, 1.82) is 0 Å². The highest BCUT2D eigenvalue weighted by molar-refractivity contribution is 7.91. The van der Waals surface area contributed by atoms with Gasteiger partial charge in [-0.05, 0) is 50.1 Å². The molecule has 1 atom stereocenters. The highest BCUT2D eigenvalue weighted by Crippen LogP contribution is 2.23. The molecule has 0 radical (unpaired) electrons. The monoisotopic (exact) mass is 287 g/mol. The van der Waals surface area contributed by atoms with Gasteiger partial charge in [-0.25, -0.2) is 12.8 Å². The Morgan fingerprint density at radius 1 is 1.37 bits per heavy atom. The minimum atomic E-state index is -2.93. The van der Waals surface area contributed by atoms with Crippen molar-refractivity contribution in [2.24, 2.45) is 0 Å². The largest absolute Gasteiger partial charge is 0.313 e. The summed E-state index contributed by atoms with van der Waals surface area (Å²) >= 11 is 0. The summed E-state index contributed by atoms with van der Waals surface area (Å²) in [5, 5.41) is 3.13. The zero-order chi connectivity index (χ0) is 14.5. The lowest BCUT2D eigenvalue weighted by Gasteiger charge is -2.19. The summed E-state index contributed by atoms with van der Waals surface area (Å²) in [5.74, 6) is 0.105. The Kier molecular flexibility index (Phi) is 5.94. The van der Waals surface area contributed by atoms with Gasteiger partial charge in [0.1, 0.15) is 15.7 Å². The van der Waals surface area contributed by atoms with Gasteiger partial charge in [-0.3, -0.25) is 0 Å². The summed E-state index contributed by atoms with van der Waals surface area (Å²) in [4.78, 5) is 0. The molecule has 108 valence electrons. The number of hydrogen-bond acceptors (Lipinski definition) is 3. The van der Waals surface area contributed by atoms with Gasteiger partial charge in [-0.15, -0.1) is 0 Å². The molecule has 1 aromatic carbocycles. The molecule has 5 heteroatoms. The van der Waals surface area contributed by atoms with Crippen LogP contribution >= 0.6 is 0 Å². The van der Waals surface area contributed by atoms with Crippen LogP contribution in [0.25, 0.3) is 0 Å². The lowest BCUT2D eigenvalue weighted by molar-refractivity contribution is 0.528. The average Bonchev–Trinajstić information content (AvgIpc) is 2.38. The lowest BCUT2D eigenvalue weighted by atomic mass is 9.98. The van der Waals surface area contributed by atoms with E-state index in [1.54, 1.807) is 13.0 Å². The molecule has 0 aliphatic rings. The Morgan fingerprint density at radius 2 is 2.05 bits per heavy atom. The molecular formula is C14H22FNO2S. The third-order valence-electron chi connectivity index (χ3n) is 3.35. The maximum atomic E-state index is 13.3. The van der Waals surface area contributed by atoms with Gasteiger partial charge in [0.15, 0.2) is 0 Å². The first-order chi connectivity index (χ1) is 8.89. The van der Waals surface area contributed by atoms with Crippen LogP contribution in [0.15, 0.2) is 18.2 Å². The van der Waals surface area contributed by atoms with Crippen LogP contribution in [0.2, 0.25) is 0 Å². The zero-order valence-corrected chi connectivity index (χ0v) is 12.6. The first kappa shape index (κ1) is 16.1. The maximum absolute atomic E-state index is 13.3. The van der Waals surface area contributed by atoms with Crippen molar-refractivity contribution >= 4 is 9.84 Å². The summed E-state index contributed by atoms with van der Waals surface area (Å²) < 4.78 is 36.2. The molecule has 19 heavy (non-hydrogen) atoms. The molecular weight excluding hydrogens is 265 g/mol. The summed E-state index contributed by atoms with van der Waals surface area (Å²) in [6, 6.07) is 4.69. The number of halogens is 1. The van der Waals surface area contributed by atoms with Crippen LogP contribution in [0.4, 0.5) is 4.39 Å². The predicted molar refractivity (Wildman–Crippen MR) is 76.5 cm³/mol. The molecule has 1 rings (SSSR count). The van der Waals surface area contributed by atoms with Gasteiger partial charge in [0, 0.05) is 11.8 Å². The standard InChI is InChI=1S/C14H22FNO2S/c1-4-19(17,18)9-5-6-14(16-3)13-10-12(15)8-7-11(13)2/h7-8,10,14,16H,4-6,9H2,1-3H3. The van der Waals surface area contributed by atoms with Crippen LogP contribution < -0.4 is 5.32 Å². The molecule has 0 aromatic heterocycles. The van der Waals surface area contributed by atoms with E-state index in [9.17, 15) is 12.8 Å². The normalized spacial score (nSPS) is 13.5. The Hall–Kier alpha value is -0.940. The van der Waals surface area contributed by atoms with Gasteiger partial charge in [-0.2, -0.15) is 0 Å². The van der Waals surface area contributed by atoms with Crippen LogP contribution in [0.1, 0.15) is 36.9 Å². The number of rotatable bonds is 7. The number of sulfone groups is 1. The molecule has 1 aromatic rings. The van der Waals surface area contributed by atoms with E-state index >= 15 is 0 Å². The van der Waals surface area contributed by atoms with E-state index in [2.05, 4.69) is 5.32 Å². The molecule has 0 spiro atoms. The highest BCUT2D eigenvalue weighted by Gasteiger charge is 2.14. The molecule has 0 aliphatic carbocycles. The summed E-state index contributed by atoms with van der Waals surface area (Å²) in [7, 11) is -1.12. The summed E-state index contributed by atoms with van der Waals surface area (Å²) in [6.45, 7) is 3.59. The molecule has 0 heterocycles. The van der Waals surface area contributed by atoms with E-state index < -0.39 is 9.84 Å². The van der Waals surface area contributed by atoms with Gasteiger partial charge >= 0.3 is 0 Å². The van der Waals surface area contributed by atoms with E-state index in [-0.39, 0.29) is 23.4 Å². The zero-order valence-electron chi connectivity index (χ0n) is 11.7. The summed E-state index contributed by atoms with van der Waals surface area (Å²) in [5.41, 5.74) is 1.91. The van der Waals surface area contributed by atoms with Crippen LogP contribution in [-0.4, -0.2) is 27.0 Å². The van der Waals surface area contributed by atoms with Gasteiger partial charge < -0.3 is 5.32 Å². The Labute approximate surface area is 115 Å². The van der Waals surface area contributed by atoms with E-state index in [1.165, 1.54) is 12.1 Å². The number of benzene rings is 1. The van der Waals surface area contributed by atoms with Gasteiger partial charge in [0.2, 0.25) is 0 Å². The van der Waals surface area contributed by atoms with Crippen LogP contribution in [0, 0.1) is 12.7 Å². The topological polar surface area (TPSA) is 46.2 Å². The lowest BCUT2D eigenvalue weighted by Crippen LogP contribution is -2.19. The van der Waals surface area contributed by atoms with Gasteiger partial charge in [-0.1, -0.05) is 13.0 Å². The molecule has 0 aliphatic heterocycles. The van der Waals surface area contributed by atoms with Crippen molar-refractivity contribution in [2.45, 2.75) is 32.7 Å². The van der Waals surface area contributed by atoms with E-state index in [0.29, 0.717) is 12.8 Å². The van der Waals surface area contributed by atoms with Crippen molar-refractivity contribution in [3.05, 3.63) is 35.1 Å². The second-order valence-corrected chi connectivity index (χ2v) is 7.19. The minimum Gasteiger partial charge on any atom is -0.313 e. The number of aryl methyl sites for hydroxylation is 1. The smallest absolute Gasteiger partial charge is 0.150 e. The third-order valence-corrected chi connectivity index (χ3v) is 5.14. The van der Waals surface area contributed by atoms with Crippen LogP contribution in [0.5, 0.6) is 0 Å². The summed E-state index contributed by atoms with van der Waals surface area (Å²) in [6.07, 6.45) is 1.26. The molecule has 1 unspecified atom stereocenters. The minimum absolute atomic E-state index is 0.0113. The van der Waals surface area contributed by atoms with E-state index in [1.807, 2.05) is 14.0 Å². The Bertz CT molecular complexity index is 514. The predicted octanol–water partition coefficient (Wildman–Crippen LogP) is 2.61. The molecule has 3 nitrogen and oxygen atoms in total. The molecule has 1 N–H and O–H groups in total. The fourth-order valence-corrected chi connectivity index (χ4v) is 2.99. The van der Waals surface area contributed by atoms with Crippen LogP contribution in [-0.2, 0) is 9.84 Å². The van der Waals surface area contributed by atoms with E-state index in [0.717, 1.165) is 11.1 Å². The quantitative estimate of drug-likeness (QED) is 0.838. The first-order valence-electron chi connectivity index (χ1n) is 6.53. The second kappa shape index (κ2) is 7.01.